The van der Waals surface area contributed by atoms with E-state index in [1.165, 1.54) is 26.5 Å². The summed E-state index contributed by atoms with van der Waals surface area (Å²) in [6.45, 7) is 12.5. The fourth-order valence-corrected chi connectivity index (χ4v) is 4.70. The second kappa shape index (κ2) is 31.3. The molecule has 1 unspecified atom stereocenters. The van der Waals surface area contributed by atoms with Crippen molar-refractivity contribution in [2.24, 2.45) is 11.8 Å². The largest absolute Gasteiger partial charge is 0.497 e. The number of piperidine rings is 1. The maximum atomic E-state index is 12.5. The molecule has 1 aromatic heterocycles. The fourth-order valence-electron chi connectivity index (χ4n) is 3.71. The molecule has 1 amide bonds. The van der Waals surface area contributed by atoms with Crippen LogP contribution in [0.3, 0.4) is 0 Å². The molecule has 0 aromatic carbocycles. The molecule has 65 heavy (non-hydrogen) atoms. The smallest absolute Gasteiger partial charge is 0.377 e. The number of sulfone groups is 5. The highest BCUT2D eigenvalue weighted by atomic mass is 32.2. The Morgan fingerprint density at radius 1 is 0.831 bits per heavy atom. The van der Waals surface area contributed by atoms with Crippen LogP contribution < -0.4 is 0 Å². The van der Waals surface area contributed by atoms with Crippen LogP contribution in [-0.2, 0) is 70.1 Å². The summed E-state index contributed by atoms with van der Waals surface area (Å²) in [5.41, 5.74) is -5.39. The van der Waals surface area contributed by atoms with Gasteiger partial charge in [-0.25, -0.2) is 56.4 Å². The molecule has 27 heteroatoms. The van der Waals surface area contributed by atoms with E-state index in [9.17, 15) is 74.0 Å². The van der Waals surface area contributed by atoms with Crippen molar-refractivity contribution in [2.45, 2.75) is 103 Å². The maximum absolute atomic E-state index is 12.5. The number of amides is 1. The SMILES string of the molecule is CC(=O)C1CC1.CC(F)S(C)(=O)=O.CCS(C)(=O)=O.COCC(C)=O.CS(=O)(=O)C(F)(F)F.CS(=O)(=O)C1CC1.CS(C)(=O)=O.Cc1nc(CN(C)C)cc(C(=O)N2CCC(C)CC2)n1. The number of halogens is 4. The van der Waals surface area contributed by atoms with Crippen molar-refractivity contribution < 1.29 is 78.8 Å². The number of carbonyl (C=O) groups is 3. The molecule has 0 spiro atoms. The standard InChI is InChI=1S/C15H24N4O.C5H8O.C4H8O2S.C4H8O2.C3H7FO2S.C3H8O2S.C2H3F3O2S.C2H6O2S/c1-11-5-7-19(8-6-11)15(20)14-9-13(10-18(3)4)16-12(2)17-14;1-4(6)5-2-3-5;1-7(5,6)4-2-3-4;1-4(5)3-6-2;1-3(4)7(2,5)6;1-3-6(2,4)5;1-8(6,7)2(3,4)5;1-5(2,3)4/h9,11H,5-8,10H2,1-4H3;5H,2-3H2,1H3;4H,2-3H2,1H3;3H2,1-2H3;3H,1-2H3;3H2,1-2H3;1H3;1-2H3. The molecule has 1 saturated heterocycles. The predicted octanol–water partition coefficient (Wildman–Crippen LogP) is 3.73. The molecule has 3 aliphatic rings. The summed E-state index contributed by atoms with van der Waals surface area (Å²) in [6.07, 6.45) is 12.0. The molecule has 18 nitrogen and oxygen atoms in total. The van der Waals surface area contributed by atoms with Crippen molar-refractivity contribution in [2.75, 3.05) is 84.2 Å². The maximum Gasteiger partial charge on any atom is 0.497 e. The van der Waals surface area contributed by atoms with Gasteiger partial charge in [-0.1, -0.05) is 13.8 Å². The summed E-state index contributed by atoms with van der Waals surface area (Å²) in [7, 11) is -10.7. The van der Waals surface area contributed by atoms with Gasteiger partial charge in [0, 0.05) is 75.9 Å². The Hall–Kier alpha value is -2.72. The summed E-state index contributed by atoms with van der Waals surface area (Å²) < 4.78 is 148. The Morgan fingerprint density at radius 2 is 1.22 bits per heavy atom. The summed E-state index contributed by atoms with van der Waals surface area (Å²) >= 11 is 0. The quantitative estimate of drug-likeness (QED) is 0.319. The summed E-state index contributed by atoms with van der Waals surface area (Å²) in [4.78, 5) is 45.3. The van der Waals surface area contributed by atoms with Crippen LogP contribution in [0.2, 0.25) is 0 Å². The average Bonchev–Trinajstić information content (AvgIpc) is 4.00. The van der Waals surface area contributed by atoms with Crippen LogP contribution in [0.1, 0.15) is 95.2 Å². The molecule has 1 aromatic rings. The van der Waals surface area contributed by atoms with Gasteiger partial charge >= 0.3 is 5.51 Å². The lowest BCUT2D eigenvalue weighted by atomic mass is 9.99. The Morgan fingerprint density at radius 3 is 1.40 bits per heavy atom. The van der Waals surface area contributed by atoms with E-state index in [1.54, 1.807) is 13.8 Å². The summed E-state index contributed by atoms with van der Waals surface area (Å²) in [5, 5.41) is 0.0208. The average molecular weight is 1050 g/mol. The van der Waals surface area contributed by atoms with Crippen LogP contribution in [0, 0.1) is 18.8 Å². The van der Waals surface area contributed by atoms with Crippen LogP contribution in [-0.4, -0.2) is 180 Å². The third kappa shape index (κ3) is 46.2. The molecule has 4 rings (SSSR count). The number of methoxy groups -OCH3 is 1. The molecule has 0 radical (unpaired) electrons. The zero-order chi connectivity index (χ0) is 52.5. The van der Waals surface area contributed by atoms with Gasteiger partial charge in [0.15, 0.2) is 21.1 Å². The Bertz CT molecular complexity index is 2120. The minimum atomic E-state index is -5.09. The molecule has 386 valence electrons. The number of Topliss-reactive ketones (excluding diaryl/α,β-unsaturated/α-hetero) is 2. The second-order valence-corrected chi connectivity index (χ2v) is 27.4. The van der Waals surface area contributed by atoms with E-state index in [2.05, 4.69) is 21.6 Å². The van der Waals surface area contributed by atoms with Crippen molar-refractivity contribution >= 4 is 66.7 Å². The van der Waals surface area contributed by atoms with E-state index in [0.717, 1.165) is 95.5 Å². The van der Waals surface area contributed by atoms with Gasteiger partial charge in [0.25, 0.3) is 5.91 Å². The Kier molecular flexibility index (Phi) is 33.2. The number of nitrogens with zero attached hydrogens (tertiary/aromatic N) is 4. The van der Waals surface area contributed by atoms with E-state index < -0.39 is 60.2 Å². The van der Waals surface area contributed by atoms with E-state index in [0.29, 0.717) is 23.2 Å². The van der Waals surface area contributed by atoms with E-state index in [4.69, 9.17) is 0 Å². The van der Waals surface area contributed by atoms with Crippen LogP contribution >= 0.6 is 0 Å². The van der Waals surface area contributed by atoms with Crippen LogP contribution in [0.15, 0.2) is 6.07 Å². The predicted molar refractivity (Wildman–Crippen MR) is 245 cm³/mol. The van der Waals surface area contributed by atoms with Crippen LogP contribution in [0.25, 0.3) is 0 Å². The normalized spacial score (nSPS) is 15.7. The first-order valence-corrected chi connectivity index (χ1v) is 29.9. The number of rotatable bonds is 9. The number of alkyl halides is 4. The molecule has 2 heterocycles. The van der Waals surface area contributed by atoms with Gasteiger partial charge in [-0.2, -0.15) is 13.2 Å². The molecule has 0 bridgehead atoms. The van der Waals surface area contributed by atoms with Gasteiger partial charge in [-0.15, -0.1) is 0 Å². The van der Waals surface area contributed by atoms with E-state index in [1.807, 2.05) is 36.9 Å². The third-order valence-corrected chi connectivity index (χ3v) is 12.6. The third-order valence-electron chi connectivity index (χ3n) is 7.82. The number of carbonyl (C=O) groups excluding carboxylic acids is 3. The van der Waals surface area contributed by atoms with Gasteiger partial charge in [-0.3, -0.25) is 14.4 Å². The second-order valence-electron chi connectivity index (χ2n) is 16.0. The molecule has 2 aliphatic carbocycles. The lowest BCUT2D eigenvalue weighted by Gasteiger charge is -2.30. The minimum Gasteiger partial charge on any atom is -0.377 e. The van der Waals surface area contributed by atoms with Crippen molar-refractivity contribution in [3.8, 4) is 0 Å². The van der Waals surface area contributed by atoms with Gasteiger partial charge in [0.05, 0.1) is 10.9 Å². The molecule has 3 fully saturated rings. The first-order valence-electron chi connectivity index (χ1n) is 19.8. The Labute approximate surface area is 385 Å². The number of likely N-dealkylation sites (tertiary alicyclic amines) is 1. The molecule has 1 atom stereocenters. The van der Waals surface area contributed by atoms with Gasteiger partial charge in [0.2, 0.25) is 9.84 Å². The minimum absolute atomic E-state index is 0.0208. The van der Waals surface area contributed by atoms with Gasteiger partial charge in [0.1, 0.15) is 53.4 Å². The number of ketones is 2. The number of ether oxygens (including phenoxy) is 1. The zero-order valence-corrected chi connectivity index (χ0v) is 44.3. The topological polar surface area (TPSA) is 263 Å². The highest BCUT2D eigenvalue weighted by Gasteiger charge is 2.41. The molecule has 0 N–H and O–H groups in total. The fraction of sp³-hybridized carbons (Fsp3) is 0.816. The molecular weight excluding hydrogens is 973 g/mol. The summed E-state index contributed by atoms with van der Waals surface area (Å²) in [5.74, 6) is 2.57. The highest BCUT2D eigenvalue weighted by molar-refractivity contribution is 7.92. The number of hydrogen-bond donors (Lipinski definition) is 0. The Balaban J connectivity index is -0.000000351. The summed E-state index contributed by atoms with van der Waals surface area (Å²) in [6, 6.07) is 1.83. The number of aromatic nitrogens is 2. The van der Waals surface area contributed by atoms with Crippen LogP contribution in [0.5, 0.6) is 0 Å². The van der Waals surface area contributed by atoms with Crippen molar-refractivity contribution in [3.05, 3.63) is 23.3 Å². The molecule has 2 saturated carbocycles. The highest BCUT2D eigenvalue weighted by Crippen LogP contribution is 2.29. The van der Waals surface area contributed by atoms with Gasteiger partial charge in [-0.05, 0) is 92.3 Å². The monoisotopic (exact) mass is 1040 g/mol. The van der Waals surface area contributed by atoms with Crippen molar-refractivity contribution in [3.63, 3.8) is 0 Å². The lowest BCUT2D eigenvalue weighted by molar-refractivity contribution is -0.120. The van der Waals surface area contributed by atoms with Crippen LogP contribution in [0.4, 0.5) is 17.6 Å². The van der Waals surface area contributed by atoms with E-state index in [-0.39, 0.29) is 35.6 Å². The van der Waals surface area contributed by atoms with Crippen molar-refractivity contribution in [1.82, 2.24) is 19.8 Å². The van der Waals surface area contributed by atoms with Crippen molar-refractivity contribution in [1.29, 1.82) is 0 Å². The van der Waals surface area contributed by atoms with Gasteiger partial charge < -0.3 is 14.5 Å². The first-order chi connectivity index (χ1) is 28.9. The molecular formula is C38H72F4N4O14S5. The lowest BCUT2D eigenvalue weighted by Crippen LogP contribution is -2.38. The number of aryl methyl sites for hydroxylation is 1. The number of hydrogen-bond acceptors (Lipinski definition) is 17. The molecule has 1 aliphatic heterocycles. The first kappa shape index (κ1) is 68.9. The zero-order valence-electron chi connectivity index (χ0n) is 40.2. The van der Waals surface area contributed by atoms with E-state index >= 15 is 0 Å².